The number of fused-ring (bicyclic) bond motifs is 1. The van der Waals surface area contributed by atoms with Gasteiger partial charge < -0.3 is 10.5 Å². The lowest BCUT2D eigenvalue weighted by atomic mass is 10.1. The molecule has 0 unspecified atom stereocenters. The Hall–Kier alpha value is -4.24. The molecule has 0 fully saturated rings. The van der Waals surface area contributed by atoms with Crippen LogP contribution in [0.1, 0.15) is 16.7 Å². The average molecular weight is 584 g/mol. The third-order valence-electron chi connectivity index (χ3n) is 6.05. The van der Waals surface area contributed by atoms with Crippen molar-refractivity contribution in [3.8, 4) is 5.75 Å². The summed E-state index contributed by atoms with van der Waals surface area (Å²) in [5, 5.41) is 17.3. The lowest BCUT2D eigenvalue weighted by Crippen LogP contribution is -2.04. The molecular weight excluding hydrogens is 558 g/mol. The van der Waals surface area contributed by atoms with Gasteiger partial charge in [0.25, 0.3) is 20.2 Å². The number of nitrogen functional groups attached to an aromatic ring is 1. The van der Waals surface area contributed by atoms with Crippen molar-refractivity contribution in [3.63, 3.8) is 0 Å². The largest absolute Gasteiger partial charge is 0.495 e. The summed E-state index contributed by atoms with van der Waals surface area (Å²) in [6.45, 7) is 5.52. The van der Waals surface area contributed by atoms with Gasteiger partial charge in [0, 0.05) is 11.5 Å². The molecule has 12 nitrogen and oxygen atoms in total. The minimum absolute atomic E-state index is 0.00426. The minimum Gasteiger partial charge on any atom is -0.495 e. The molecule has 40 heavy (non-hydrogen) atoms. The molecule has 0 aliphatic carbocycles. The summed E-state index contributed by atoms with van der Waals surface area (Å²) in [5.74, 6) is 0.500. The molecule has 0 radical (unpaired) electrons. The topological polar surface area (TPSA) is 193 Å². The fourth-order valence-electron chi connectivity index (χ4n) is 3.91. The molecule has 4 rings (SSSR count). The van der Waals surface area contributed by atoms with Gasteiger partial charge in [-0.15, -0.1) is 0 Å². The van der Waals surface area contributed by atoms with Crippen molar-refractivity contribution in [1.82, 2.24) is 0 Å². The first kappa shape index (κ1) is 28.8. The Balaban J connectivity index is 1.68. The first-order chi connectivity index (χ1) is 18.7. The van der Waals surface area contributed by atoms with E-state index < -0.39 is 30.0 Å². The molecule has 14 heteroatoms. The second kappa shape index (κ2) is 10.7. The summed E-state index contributed by atoms with van der Waals surface area (Å²) >= 11 is 0. The highest BCUT2D eigenvalue weighted by Crippen LogP contribution is 2.35. The molecule has 0 spiro atoms. The van der Waals surface area contributed by atoms with E-state index in [9.17, 15) is 25.9 Å². The molecule has 0 heterocycles. The third-order valence-corrected chi connectivity index (χ3v) is 7.78. The summed E-state index contributed by atoms with van der Waals surface area (Å²) in [7, 11) is -8.02. The molecule has 0 bridgehead atoms. The predicted octanol–water partition coefficient (Wildman–Crippen LogP) is 6.68. The van der Waals surface area contributed by atoms with Crippen molar-refractivity contribution in [2.45, 2.75) is 30.6 Å². The van der Waals surface area contributed by atoms with Crippen LogP contribution in [0.3, 0.4) is 0 Å². The molecule has 0 aliphatic rings. The Labute approximate surface area is 230 Å². The molecule has 4 N–H and O–H groups in total. The van der Waals surface area contributed by atoms with Crippen LogP contribution in [0.4, 0.5) is 28.4 Å². The van der Waals surface area contributed by atoms with Gasteiger partial charge in [-0.25, -0.2) is 0 Å². The van der Waals surface area contributed by atoms with Crippen molar-refractivity contribution < 1.29 is 30.7 Å². The quantitative estimate of drug-likeness (QED) is 0.122. The number of aryl methyl sites for hydroxylation is 3. The van der Waals surface area contributed by atoms with Crippen LogP contribution in [-0.2, 0) is 20.2 Å². The van der Waals surface area contributed by atoms with Crippen LogP contribution in [0.25, 0.3) is 10.8 Å². The van der Waals surface area contributed by atoms with Gasteiger partial charge in [0.1, 0.15) is 10.6 Å². The highest BCUT2D eigenvalue weighted by molar-refractivity contribution is 7.86. The SMILES string of the molecule is COc1cc(N=Nc2cc(C)c(N=Nc3ccc4cc(S(=O)(=O)O)cc(S(=O)(=O)O)c4c3)cc2C)c(C)cc1N. The average Bonchev–Trinajstić information content (AvgIpc) is 2.87. The monoisotopic (exact) mass is 583 g/mol. The smallest absolute Gasteiger partial charge is 0.295 e. The highest BCUT2D eigenvalue weighted by atomic mass is 32.2. The Bertz CT molecular complexity index is 1940. The second-order valence-electron chi connectivity index (χ2n) is 8.98. The number of azo groups is 2. The number of nitrogens with two attached hydrogens (primary N) is 1. The van der Waals surface area contributed by atoms with Gasteiger partial charge >= 0.3 is 0 Å². The maximum Gasteiger partial charge on any atom is 0.295 e. The Morgan fingerprint density at radius 3 is 1.80 bits per heavy atom. The zero-order valence-electron chi connectivity index (χ0n) is 21.8. The molecule has 0 atom stereocenters. The van der Waals surface area contributed by atoms with Crippen LogP contribution >= 0.6 is 0 Å². The third kappa shape index (κ3) is 6.15. The number of methoxy groups -OCH3 is 1. The number of hydrogen-bond donors (Lipinski definition) is 3. The molecule has 0 aliphatic heterocycles. The van der Waals surface area contributed by atoms with Crippen LogP contribution in [0.2, 0.25) is 0 Å². The van der Waals surface area contributed by atoms with E-state index in [-0.39, 0.29) is 16.5 Å². The van der Waals surface area contributed by atoms with Crippen LogP contribution < -0.4 is 10.5 Å². The maximum absolute atomic E-state index is 11.9. The first-order valence-electron chi connectivity index (χ1n) is 11.6. The predicted molar refractivity (Wildman–Crippen MR) is 150 cm³/mol. The molecule has 0 amide bonds. The summed E-state index contributed by atoms with van der Waals surface area (Å²) in [4.78, 5) is -1.36. The lowest BCUT2D eigenvalue weighted by molar-refractivity contribution is 0.417. The molecule has 4 aromatic carbocycles. The van der Waals surface area contributed by atoms with Crippen molar-refractivity contribution in [1.29, 1.82) is 0 Å². The van der Waals surface area contributed by atoms with Crippen LogP contribution in [-0.4, -0.2) is 33.1 Å². The first-order valence-corrected chi connectivity index (χ1v) is 14.5. The van der Waals surface area contributed by atoms with E-state index in [0.717, 1.165) is 22.8 Å². The van der Waals surface area contributed by atoms with Gasteiger partial charge in [-0.1, -0.05) is 6.07 Å². The normalized spacial score (nSPS) is 12.6. The number of benzene rings is 4. The maximum atomic E-state index is 11.9. The molecule has 4 aromatic rings. The summed E-state index contributed by atoms with van der Waals surface area (Å²) in [6.07, 6.45) is 0. The van der Waals surface area contributed by atoms with Gasteiger partial charge in [0.2, 0.25) is 0 Å². The van der Waals surface area contributed by atoms with E-state index in [1.807, 2.05) is 20.8 Å². The molecule has 0 aromatic heterocycles. The second-order valence-corrected chi connectivity index (χ2v) is 11.8. The lowest BCUT2D eigenvalue weighted by Gasteiger charge is -2.08. The van der Waals surface area contributed by atoms with Gasteiger partial charge in [0.15, 0.2) is 0 Å². The van der Waals surface area contributed by atoms with E-state index in [0.29, 0.717) is 34.6 Å². The summed E-state index contributed by atoms with van der Waals surface area (Å²) in [6, 6.07) is 13.0. The number of rotatable bonds is 7. The minimum atomic E-state index is -4.83. The van der Waals surface area contributed by atoms with Gasteiger partial charge in [-0.05, 0) is 85.3 Å². The number of ether oxygens (including phenoxy) is 1. The molecular formula is C26H25N5O7S2. The Kier molecular flexibility index (Phi) is 7.72. The van der Waals surface area contributed by atoms with Crippen molar-refractivity contribution in [3.05, 3.63) is 71.3 Å². The summed E-state index contributed by atoms with van der Waals surface area (Å²) < 4.78 is 71.2. The van der Waals surface area contributed by atoms with E-state index >= 15 is 0 Å². The number of nitrogens with zero attached hydrogens (tertiary/aromatic N) is 4. The molecule has 208 valence electrons. The van der Waals surface area contributed by atoms with E-state index in [1.54, 1.807) is 24.3 Å². The van der Waals surface area contributed by atoms with Gasteiger partial charge in [-0.2, -0.15) is 37.3 Å². The molecule has 0 saturated carbocycles. The fourth-order valence-corrected chi connectivity index (χ4v) is 5.26. The fraction of sp³-hybridized carbons (Fsp3) is 0.154. The molecule has 0 saturated heterocycles. The van der Waals surface area contributed by atoms with Gasteiger partial charge in [-0.3, -0.25) is 9.11 Å². The van der Waals surface area contributed by atoms with Crippen molar-refractivity contribution in [2.24, 2.45) is 20.5 Å². The summed E-state index contributed by atoms with van der Waals surface area (Å²) in [5.41, 5.74) is 10.8. The standard InChI is InChI=1S/C26H25N5O7S2/c1-14-7-21(27)25(38-4)13-24(14)31-30-23-9-15(2)22(8-16(23)3)29-28-18-6-5-17-10-19(39(32,33)34)12-26(20(17)11-18)40(35,36)37/h5-13H,27H2,1-4H3,(H,32,33,34)(H,35,36,37). The number of anilines is 1. The highest BCUT2D eigenvalue weighted by Gasteiger charge is 2.20. The Morgan fingerprint density at radius 2 is 1.25 bits per heavy atom. The Morgan fingerprint density at radius 1 is 0.700 bits per heavy atom. The van der Waals surface area contributed by atoms with E-state index in [1.165, 1.54) is 25.3 Å². The van der Waals surface area contributed by atoms with E-state index in [4.69, 9.17) is 10.5 Å². The van der Waals surface area contributed by atoms with Crippen molar-refractivity contribution in [2.75, 3.05) is 12.8 Å². The van der Waals surface area contributed by atoms with Crippen LogP contribution in [0.15, 0.2) is 84.8 Å². The van der Waals surface area contributed by atoms with Crippen LogP contribution in [0, 0.1) is 20.8 Å². The van der Waals surface area contributed by atoms with Crippen molar-refractivity contribution >= 4 is 59.4 Å². The zero-order chi connectivity index (χ0) is 29.4. The van der Waals surface area contributed by atoms with Gasteiger partial charge in [0.05, 0.1) is 40.4 Å². The number of hydrogen-bond acceptors (Lipinski definition) is 10. The van der Waals surface area contributed by atoms with E-state index in [2.05, 4.69) is 20.5 Å². The zero-order valence-corrected chi connectivity index (χ0v) is 23.4. The van der Waals surface area contributed by atoms with Crippen LogP contribution in [0.5, 0.6) is 5.75 Å².